The van der Waals surface area contributed by atoms with E-state index in [-0.39, 0.29) is 0 Å². The molecule has 3 rings (SSSR count). The maximum Gasteiger partial charge on any atom is 0.114 e. The van der Waals surface area contributed by atoms with E-state index in [1.54, 1.807) is 13.8 Å². The highest BCUT2D eigenvalue weighted by molar-refractivity contribution is 5.08. The summed E-state index contributed by atoms with van der Waals surface area (Å²) in [5, 5.41) is 22.2. The van der Waals surface area contributed by atoms with Crippen LogP contribution in [0, 0.1) is 0 Å². The van der Waals surface area contributed by atoms with Gasteiger partial charge in [0.05, 0.1) is 25.5 Å². The van der Waals surface area contributed by atoms with E-state index in [1.165, 1.54) is 18.4 Å². The van der Waals surface area contributed by atoms with Crippen LogP contribution in [0.15, 0.2) is 17.8 Å². The first-order valence-electron chi connectivity index (χ1n) is 8.68. The van der Waals surface area contributed by atoms with Crippen LogP contribution in [0.25, 0.3) is 0 Å². The third kappa shape index (κ3) is 4.19. The summed E-state index contributed by atoms with van der Waals surface area (Å²) in [4.78, 5) is 0. The van der Waals surface area contributed by atoms with Gasteiger partial charge in [-0.15, -0.1) is 5.10 Å². The lowest BCUT2D eigenvalue weighted by Crippen LogP contribution is -2.41. The number of hydrogen-bond acceptors (Lipinski definition) is 5. The Balaban J connectivity index is 1.66. The van der Waals surface area contributed by atoms with Crippen molar-refractivity contribution in [3.8, 4) is 0 Å². The van der Waals surface area contributed by atoms with Crippen LogP contribution in [0.1, 0.15) is 57.7 Å². The zero-order valence-corrected chi connectivity index (χ0v) is 14.2. The summed E-state index contributed by atoms with van der Waals surface area (Å²) in [6, 6.07) is 0.695. The van der Waals surface area contributed by atoms with Crippen molar-refractivity contribution in [3.05, 3.63) is 23.5 Å². The molecule has 0 amide bonds. The highest BCUT2D eigenvalue weighted by Gasteiger charge is 2.29. The average Bonchev–Trinajstić information content (AvgIpc) is 3.04. The van der Waals surface area contributed by atoms with Crippen molar-refractivity contribution < 1.29 is 9.84 Å². The SMILES string of the molecule is CC(C)(O)c1cn([C@@H]2CCCC[C@@H]2NCC2=CCCOC2)nn1. The molecule has 2 N–H and O–H groups in total. The summed E-state index contributed by atoms with van der Waals surface area (Å²) in [6.45, 7) is 5.96. The zero-order chi connectivity index (χ0) is 16.3. The van der Waals surface area contributed by atoms with E-state index < -0.39 is 5.60 Å². The topological polar surface area (TPSA) is 72.2 Å². The fourth-order valence-corrected chi connectivity index (χ4v) is 3.38. The molecule has 2 aliphatic rings. The summed E-state index contributed by atoms with van der Waals surface area (Å²) >= 11 is 0. The van der Waals surface area contributed by atoms with Crippen LogP contribution in [0.5, 0.6) is 0 Å². The van der Waals surface area contributed by atoms with E-state index in [0.717, 1.165) is 39.0 Å². The quantitative estimate of drug-likeness (QED) is 0.811. The molecule has 0 radical (unpaired) electrons. The molecule has 0 saturated heterocycles. The molecular weight excluding hydrogens is 292 g/mol. The molecule has 128 valence electrons. The molecule has 6 heteroatoms. The van der Waals surface area contributed by atoms with Crippen molar-refractivity contribution in [2.45, 2.75) is 63.6 Å². The second kappa shape index (κ2) is 7.11. The molecule has 1 aromatic rings. The molecule has 6 nitrogen and oxygen atoms in total. The molecule has 1 aliphatic carbocycles. The minimum atomic E-state index is -0.944. The van der Waals surface area contributed by atoms with E-state index in [0.29, 0.717) is 17.8 Å². The van der Waals surface area contributed by atoms with E-state index in [1.807, 2.05) is 10.9 Å². The molecule has 23 heavy (non-hydrogen) atoms. The van der Waals surface area contributed by atoms with Gasteiger partial charge >= 0.3 is 0 Å². The van der Waals surface area contributed by atoms with Crippen molar-refractivity contribution in [1.82, 2.24) is 20.3 Å². The molecule has 2 atom stereocenters. The van der Waals surface area contributed by atoms with E-state index in [9.17, 15) is 5.11 Å². The van der Waals surface area contributed by atoms with Gasteiger partial charge in [-0.25, -0.2) is 4.68 Å². The van der Waals surface area contributed by atoms with Gasteiger partial charge < -0.3 is 15.2 Å². The molecule has 1 fully saturated rings. The first-order valence-corrected chi connectivity index (χ1v) is 8.68. The van der Waals surface area contributed by atoms with Crippen molar-refractivity contribution in [1.29, 1.82) is 0 Å². The Labute approximate surface area is 137 Å². The molecule has 2 heterocycles. The van der Waals surface area contributed by atoms with E-state index in [2.05, 4.69) is 21.7 Å². The molecule has 1 saturated carbocycles. The van der Waals surface area contributed by atoms with Crippen molar-refractivity contribution in [2.75, 3.05) is 19.8 Å². The maximum absolute atomic E-state index is 10.1. The molecule has 1 aromatic heterocycles. The third-order valence-electron chi connectivity index (χ3n) is 4.78. The van der Waals surface area contributed by atoms with Gasteiger partial charge in [0.15, 0.2) is 0 Å². The molecular formula is C17H28N4O2. The lowest BCUT2D eigenvalue weighted by atomic mass is 9.90. The zero-order valence-electron chi connectivity index (χ0n) is 14.2. The number of ether oxygens (including phenoxy) is 1. The first-order chi connectivity index (χ1) is 11.0. The summed E-state index contributed by atoms with van der Waals surface area (Å²) in [7, 11) is 0. The standard InChI is InChI=1S/C17H28N4O2/c1-17(2,22)16-11-21(20-19-16)15-8-4-3-7-14(15)18-10-13-6-5-9-23-12-13/h6,11,14-15,18,22H,3-5,7-10,12H2,1-2H3/t14-,15+/m0/s1. The number of rotatable bonds is 5. The highest BCUT2D eigenvalue weighted by atomic mass is 16.5. The van der Waals surface area contributed by atoms with Crippen molar-refractivity contribution in [3.63, 3.8) is 0 Å². The highest BCUT2D eigenvalue weighted by Crippen LogP contribution is 2.29. The van der Waals surface area contributed by atoms with E-state index >= 15 is 0 Å². The summed E-state index contributed by atoms with van der Waals surface area (Å²) in [6.07, 6.45) is 9.91. The molecule has 0 aromatic carbocycles. The Kier molecular flexibility index (Phi) is 5.14. The van der Waals surface area contributed by atoms with Gasteiger partial charge in [0.1, 0.15) is 11.3 Å². The predicted octanol–water partition coefficient (Wildman–Crippen LogP) is 1.93. The van der Waals surface area contributed by atoms with Gasteiger partial charge in [-0.3, -0.25) is 0 Å². The Bertz CT molecular complexity index is 547. The Morgan fingerprint density at radius 2 is 2.22 bits per heavy atom. The van der Waals surface area contributed by atoms with Crippen LogP contribution in [0.3, 0.4) is 0 Å². The normalized spacial score (nSPS) is 26.1. The van der Waals surface area contributed by atoms with Gasteiger partial charge in [-0.05, 0) is 38.7 Å². The molecule has 0 unspecified atom stereocenters. The Morgan fingerprint density at radius 1 is 1.39 bits per heavy atom. The smallest absolute Gasteiger partial charge is 0.114 e. The van der Waals surface area contributed by atoms with Crippen LogP contribution in [0.2, 0.25) is 0 Å². The third-order valence-corrected chi connectivity index (χ3v) is 4.78. The van der Waals surface area contributed by atoms with Crippen LogP contribution < -0.4 is 5.32 Å². The largest absolute Gasteiger partial charge is 0.384 e. The number of hydrogen-bond donors (Lipinski definition) is 2. The van der Waals surface area contributed by atoms with Gasteiger partial charge in [-0.1, -0.05) is 24.1 Å². The molecule has 0 bridgehead atoms. The van der Waals surface area contributed by atoms with Crippen LogP contribution in [-0.2, 0) is 10.3 Å². The lowest BCUT2D eigenvalue weighted by Gasteiger charge is -2.32. The van der Waals surface area contributed by atoms with Crippen LogP contribution >= 0.6 is 0 Å². The summed E-state index contributed by atoms with van der Waals surface area (Å²) < 4.78 is 7.45. The van der Waals surface area contributed by atoms with Gasteiger partial charge in [0, 0.05) is 12.6 Å². The molecule has 0 spiro atoms. The van der Waals surface area contributed by atoms with Gasteiger partial charge in [0.25, 0.3) is 0 Å². The monoisotopic (exact) mass is 320 g/mol. The van der Waals surface area contributed by atoms with Crippen molar-refractivity contribution in [2.24, 2.45) is 0 Å². The van der Waals surface area contributed by atoms with E-state index in [4.69, 9.17) is 4.74 Å². The fraction of sp³-hybridized carbons (Fsp3) is 0.765. The fourth-order valence-electron chi connectivity index (χ4n) is 3.38. The average molecular weight is 320 g/mol. The number of aromatic nitrogens is 3. The Morgan fingerprint density at radius 3 is 2.91 bits per heavy atom. The minimum absolute atomic E-state index is 0.303. The number of aliphatic hydroxyl groups is 1. The molecule has 1 aliphatic heterocycles. The summed E-state index contributed by atoms with van der Waals surface area (Å²) in [5.74, 6) is 0. The summed E-state index contributed by atoms with van der Waals surface area (Å²) in [5.41, 5.74) is 1.03. The maximum atomic E-state index is 10.1. The predicted molar refractivity (Wildman–Crippen MR) is 88.1 cm³/mol. The van der Waals surface area contributed by atoms with Crippen molar-refractivity contribution >= 4 is 0 Å². The Hall–Kier alpha value is -1.24. The van der Waals surface area contributed by atoms with Gasteiger partial charge in [-0.2, -0.15) is 0 Å². The van der Waals surface area contributed by atoms with Crippen LogP contribution in [0.4, 0.5) is 0 Å². The number of nitrogens with one attached hydrogen (secondary N) is 1. The minimum Gasteiger partial charge on any atom is -0.384 e. The van der Waals surface area contributed by atoms with Gasteiger partial charge in [0.2, 0.25) is 0 Å². The second-order valence-corrected chi connectivity index (χ2v) is 7.19. The van der Waals surface area contributed by atoms with Crippen LogP contribution in [-0.4, -0.2) is 45.9 Å². The lowest BCUT2D eigenvalue weighted by molar-refractivity contribution is 0.0736. The second-order valence-electron chi connectivity index (χ2n) is 7.19. The number of nitrogens with zero attached hydrogens (tertiary/aromatic N) is 3. The first kappa shape index (κ1) is 16.6.